The van der Waals surface area contributed by atoms with Gasteiger partial charge in [-0.2, -0.15) is 17.5 Å². The van der Waals surface area contributed by atoms with Gasteiger partial charge in [0.1, 0.15) is 5.82 Å². The number of amides is 1. The fourth-order valence-electron chi connectivity index (χ4n) is 3.62. The molecule has 4 rings (SSSR count). The average molecular weight is 488 g/mol. The molecular weight excluding hydrogens is 472 g/mol. The van der Waals surface area contributed by atoms with E-state index in [4.69, 9.17) is 10.5 Å². The molecule has 12 heteroatoms. The second-order valence-electron chi connectivity index (χ2n) is 7.07. The molecule has 1 fully saturated rings. The first-order valence-corrected chi connectivity index (χ1v) is 11.6. The van der Waals surface area contributed by atoms with Crippen molar-refractivity contribution >= 4 is 37.4 Å². The lowest BCUT2D eigenvalue weighted by Gasteiger charge is -2.32. The van der Waals surface area contributed by atoms with Crippen LogP contribution in [0.3, 0.4) is 0 Å². The number of nitrogens with zero attached hydrogens (tertiary/aromatic N) is 1. The minimum absolute atomic E-state index is 0.0324. The van der Waals surface area contributed by atoms with Crippen molar-refractivity contribution in [2.75, 3.05) is 19.7 Å². The highest BCUT2D eigenvalue weighted by Gasteiger charge is 2.37. The molecule has 2 aromatic carbocycles. The largest absolute Gasteiger partial charge is 0.419 e. The molecule has 2 N–H and O–H groups in total. The van der Waals surface area contributed by atoms with Crippen molar-refractivity contribution in [1.29, 1.82) is 0 Å². The average Bonchev–Trinajstić information content (AvgIpc) is 3.13. The zero-order valence-electron chi connectivity index (χ0n) is 16.2. The van der Waals surface area contributed by atoms with E-state index < -0.39 is 44.5 Å². The van der Waals surface area contributed by atoms with E-state index >= 15 is 0 Å². The maximum Gasteiger partial charge on any atom is 0.419 e. The number of morpholine rings is 1. The fourth-order valence-corrected chi connectivity index (χ4v) is 6.17. The molecule has 0 aliphatic carbocycles. The first-order valence-electron chi connectivity index (χ1n) is 9.30. The summed E-state index contributed by atoms with van der Waals surface area (Å²) in [5.74, 6) is -2.36. The van der Waals surface area contributed by atoms with Crippen molar-refractivity contribution in [3.63, 3.8) is 0 Å². The molecule has 0 bridgehead atoms. The molecule has 3 aromatic rings. The van der Waals surface area contributed by atoms with E-state index in [1.54, 1.807) is 24.3 Å². The third kappa shape index (κ3) is 3.98. The van der Waals surface area contributed by atoms with Crippen LogP contribution in [0, 0.1) is 5.82 Å². The van der Waals surface area contributed by atoms with Gasteiger partial charge in [-0.05, 0) is 29.7 Å². The summed E-state index contributed by atoms with van der Waals surface area (Å²) < 4.78 is 86.0. The van der Waals surface area contributed by atoms with Crippen molar-refractivity contribution in [3.8, 4) is 0 Å². The van der Waals surface area contributed by atoms with E-state index in [2.05, 4.69) is 0 Å². The van der Waals surface area contributed by atoms with E-state index in [0.717, 1.165) is 26.4 Å². The number of halogens is 4. The van der Waals surface area contributed by atoms with Crippen LogP contribution in [-0.2, 0) is 20.9 Å². The minimum atomic E-state index is -4.94. The van der Waals surface area contributed by atoms with Crippen molar-refractivity contribution in [2.45, 2.75) is 17.2 Å². The van der Waals surface area contributed by atoms with Gasteiger partial charge in [-0.25, -0.2) is 12.8 Å². The summed E-state index contributed by atoms with van der Waals surface area (Å²) in [7, 11) is -4.32. The molecule has 0 spiro atoms. The summed E-state index contributed by atoms with van der Waals surface area (Å²) in [6, 6.07) is 8.57. The van der Waals surface area contributed by atoms with Crippen molar-refractivity contribution in [2.24, 2.45) is 5.73 Å². The van der Waals surface area contributed by atoms with Gasteiger partial charge in [0.25, 0.3) is 5.91 Å². The predicted octanol–water partition coefficient (Wildman–Crippen LogP) is 3.92. The zero-order valence-corrected chi connectivity index (χ0v) is 17.9. The summed E-state index contributed by atoms with van der Waals surface area (Å²) in [4.78, 5) is 11.6. The molecule has 6 nitrogen and oxygen atoms in total. The summed E-state index contributed by atoms with van der Waals surface area (Å²) in [5, 5.41) is 0.691. The van der Waals surface area contributed by atoms with Crippen molar-refractivity contribution in [1.82, 2.24) is 4.31 Å². The van der Waals surface area contributed by atoms with Crippen molar-refractivity contribution in [3.05, 3.63) is 64.3 Å². The van der Waals surface area contributed by atoms with Gasteiger partial charge in [0.05, 0.1) is 28.0 Å². The lowest BCUT2D eigenvalue weighted by molar-refractivity contribution is -0.140. The standard InChI is InChI=1S/C20H16F4N2O4S2/c21-14-9-11(5-6-13(14)20(22,23)24)32(28,29)26-7-8-30-15(10-26)17-12-3-1-2-4-16(12)31-18(17)19(25)27/h1-6,9,15H,7-8,10H2,(H2,25,27)/t15-/m1/s1. The maximum atomic E-state index is 14.0. The molecular formula is C20H16F4N2O4S2. The van der Waals surface area contributed by atoms with E-state index in [-0.39, 0.29) is 24.6 Å². The Morgan fingerprint density at radius 1 is 1.19 bits per heavy atom. The Morgan fingerprint density at radius 3 is 2.56 bits per heavy atom. The number of carbonyl (C=O) groups excluding carboxylic acids is 1. The summed E-state index contributed by atoms with van der Waals surface area (Å²) in [6.45, 7) is -0.336. The van der Waals surface area contributed by atoms with E-state index in [1.165, 1.54) is 0 Å². The third-order valence-electron chi connectivity index (χ3n) is 5.09. The van der Waals surface area contributed by atoms with Crippen LogP contribution in [0.5, 0.6) is 0 Å². The lowest BCUT2D eigenvalue weighted by atomic mass is 10.0. The highest BCUT2D eigenvalue weighted by molar-refractivity contribution is 7.89. The Labute approximate surface area is 184 Å². The highest BCUT2D eigenvalue weighted by atomic mass is 32.2. The Balaban J connectivity index is 1.70. The fraction of sp³-hybridized carbons (Fsp3) is 0.250. The number of rotatable bonds is 4. The van der Waals surface area contributed by atoms with Gasteiger partial charge in [-0.1, -0.05) is 18.2 Å². The number of ether oxygens (including phenoxy) is 1. The van der Waals surface area contributed by atoms with Gasteiger partial charge in [0.2, 0.25) is 10.0 Å². The summed E-state index contributed by atoms with van der Waals surface area (Å²) in [5.41, 5.74) is 4.42. The maximum absolute atomic E-state index is 14.0. The lowest BCUT2D eigenvalue weighted by Crippen LogP contribution is -2.42. The second kappa shape index (κ2) is 8.10. The first-order chi connectivity index (χ1) is 15.0. The van der Waals surface area contributed by atoms with Crippen LogP contribution in [0.4, 0.5) is 17.6 Å². The molecule has 32 heavy (non-hydrogen) atoms. The number of hydrogen-bond donors (Lipinski definition) is 1. The molecule has 0 radical (unpaired) electrons. The Kier molecular flexibility index (Phi) is 5.74. The van der Waals surface area contributed by atoms with Crippen LogP contribution >= 0.6 is 11.3 Å². The first kappa shape index (κ1) is 22.6. The molecule has 0 saturated carbocycles. The Hall–Kier alpha value is -2.54. The quantitative estimate of drug-likeness (QED) is 0.564. The van der Waals surface area contributed by atoms with Crippen molar-refractivity contribution < 1.29 is 35.5 Å². The molecule has 1 aliphatic rings. The Bertz CT molecular complexity index is 1300. The van der Waals surface area contributed by atoms with Crippen LogP contribution in [-0.4, -0.2) is 38.3 Å². The number of primary amides is 1. The number of sulfonamides is 1. The summed E-state index contributed by atoms with van der Waals surface area (Å²) >= 11 is 1.16. The number of hydrogen-bond acceptors (Lipinski definition) is 5. The smallest absolute Gasteiger partial charge is 0.371 e. The topological polar surface area (TPSA) is 89.7 Å². The summed E-state index contributed by atoms with van der Waals surface area (Å²) in [6.07, 6.45) is -5.78. The molecule has 1 atom stereocenters. The van der Waals surface area contributed by atoms with Gasteiger partial charge in [0, 0.05) is 23.4 Å². The van der Waals surface area contributed by atoms with Crippen LogP contribution < -0.4 is 5.73 Å². The molecule has 170 valence electrons. The minimum Gasteiger partial charge on any atom is -0.371 e. The van der Waals surface area contributed by atoms with Crippen LogP contribution in [0.1, 0.15) is 26.9 Å². The van der Waals surface area contributed by atoms with Gasteiger partial charge in [-0.3, -0.25) is 4.79 Å². The number of thiophene rings is 1. The number of alkyl halides is 3. The predicted molar refractivity (Wildman–Crippen MR) is 109 cm³/mol. The van der Waals surface area contributed by atoms with E-state index in [1.807, 2.05) is 0 Å². The van der Waals surface area contributed by atoms with Gasteiger partial charge in [-0.15, -0.1) is 11.3 Å². The molecule has 0 unspecified atom stereocenters. The Morgan fingerprint density at radius 2 is 1.91 bits per heavy atom. The number of fused-ring (bicyclic) bond motifs is 1. The monoisotopic (exact) mass is 488 g/mol. The highest BCUT2D eigenvalue weighted by Crippen LogP contribution is 2.39. The second-order valence-corrected chi connectivity index (χ2v) is 10.1. The molecule has 1 aromatic heterocycles. The third-order valence-corrected chi connectivity index (χ3v) is 8.15. The van der Waals surface area contributed by atoms with Gasteiger partial charge >= 0.3 is 6.18 Å². The van der Waals surface area contributed by atoms with Crippen LogP contribution in [0.25, 0.3) is 10.1 Å². The molecule has 2 heterocycles. The molecule has 1 aliphatic heterocycles. The van der Waals surface area contributed by atoms with Crippen LogP contribution in [0.15, 0.2) is 47.4 Å². The number of nitrogens with two attached hydrogens (primary N) is 1. The van der Waals surface area contributed by atoms with Gasteiger partial charge < -0.3 is 10.5 Å². The van der Waals surface area contributed by atoms with E-state index in [9.17, 15) is 30.8 Å². The zero-order chi connectivity index (χ0) is 23.3. The number of benzene rings is 2. The SMILES string of the molecule is NC(=O)c1sc2ccccc2c1[C@H]1CN(S(=O)(=O)c2ccc(C(F)(F)F)c(F)c2)CCO1. The number of carbonyl (C=O) groups is 1. The molecule has 1 saturated heterocycles. The molecule has 1 amide bonds. The normalized spacial score (nSPS) is 18.2. The van der Waals surface area contributed by atoms with Crippen LogP contribution in [0.2, 0.25) is 0 Å². The van der Waals surface area contributed by atoms with Gasteiger partial charge in [0.15, 0.2) is 0 Å². The van der Waals surface area contributed by atoms with E-state index in [0.29, 0.717) is 23.1 Å².